The fraction of sp³-hybridized carbons (Fsp3) is 0.0588. The number of carbonyl (C=O) groups excluding carboxylic acids is 1. The van der Waals surface area contributed by atoms with Crippen LogP contribution in [0.15, 0.2) is 48.2 Å². The highest BCUT2D eigenvalue weighted by Crippen LogP contribution is 2.36. The number of hydrogen-bond donors (Lipinski definition) is 2. The number of nitrogens with one attached hydrogen (secondary N) is 2. The Morgan fingerprint density at radius 2 is 1.78 bits per heavy atom. The van der Waals surface area contributed by atoms with Crippen LogP contribution in [0.2, 0.25) is 15.1 Å². The molecule has 2 rings (SSSR count). The lowest BCUT2D eigenvalue weighted by Crippen LogP contribution is -2.15. The molecule has 0 saturated heterocycles. The van der Waals surface area contributed by atoms with Crippen LogP contribution >= 0.6 is 34.8 Å². The van der Waals surface area contributed by atoms with E-state index in [9.17, 15) is 18.0 Å². The Morgan fingerprint density at radius 1 is 1.07 bits per heavy atom. The molecule has 140 valence electrons. The van der Waals surface area contributed by atoms with Crippen LogP contribution in [0.1, 0.15) is 5.56 Å². The van der Waals surface area contributed by atoms with Crippen molar-refractivity contribution in [1.82, 2.24) is 0 Å². The average Bonchev–Trinajstić information content (AvgIpc) is 2.58. The monoisotopic (exact) mass is 433 g/mol. The van der Waals surface area contributed by atoms with Crippen LogP contribution in [-0.4, -0.2) is 5.91 Å². The summed E-state index contributed by atoms with van der Waals surface area (Å²) in [4.78, 5) is 12.1. The van der Waals surface area contributed by atoms with E-state index in [-0.39, 0.29) is 22.0 Å². The Kier molecular flexibility index (Phi) is 6.60. The van der Waals surface area contributed by atoms with Crippen molar-refractivity contribution in [2.45, 2.75) is 6.18 Å². The number of carbonyl (C=O) groups is 1. The van der Waals surface area contributed by atoms with Crippen molar-refractivity contribution >= 4 is 52.1 Å². The van der Waals surface area contributed by atoms with Crippen molar-refractivity contribution in [3.63, 3.8) is 0 Å². The molecule has 0 spiro atoms. The van der Waals surface area contributed by atoms with Crippen molar-refractivity contribution in [2.75, 3.05) is 10.6 Å². The van der Waals surface area contributed by atoms with Gasteiger partial charge < -0.3 is 10.6 Å². The highest BCUT2D eigenvalue weighted by Gasteiger charge is 2.33. The second-order valence-electron chi connectivity index (χ2n) is 5.08. The molecule has 0 heterocycles. The number of nitriles is 1. The summed E-state index contributed by atoms with van der Waals surface area (Å²) in [5.74, 6) is -0.806. The van der Waals surface area contributed by atoms with E-state index < -0.39 is 22.7 Å². The maximum absolute atomic E-state index is 12.9. The summed E-state index contributed by atoms with van der Waals surface area (Å²) in [5.41, 5.74) is -1.21. The molecule has 27 heavy (non-hydrogen) atoms. The van der Waals surface area contributed by atoms with Gasteiger partial charge in [0.25, 0.3) is 5.91 Å². The van der Waals surface area contributed by atoms with Crippen LogP contribution in [-0.2, 0) is 11.0 Å². The first-order valence-corrected chi connectivity index (χ1v) is 8.25. The third-order valence-corrected chi connectivity index (χ3v) is 4.08. The fourth-order valence-electron chi connectivity index (χ4n) is 1.92. The van der Waals surface area contributed by atoms with Gasteiger partial charge in [0.2, 0.25) is 0 Å². The predicted octanol–water partition coefficient (Wildman–Crippen LogP) is 6.12. The predicted molar refractivity (Wildman–Crippen MR) is 98.9 cm³/mol. The molecule has 0 fully saturated rings. The van der Waals surface area contributed by atoms with Gasteiger partial charge in [0, 0.05) is 16.9 Å². The molecule has 1 amide bonds. The Balaban J connectivity index is 2.19. The molecule has 10 heteroatoms. The zero-order valence-electron chi connectivity index (χ0n) is 13.2. The minimum Gasteiger partial charge on any atom is -0.360 e. The summed E-state index contributed by atoms with van der Waals surface area (Å²) in [6, 6.07) is 9.08. The van der Waals surface area contributed by atoms with Gasteiger partial charge >= 0.3 is 6.18 Å². The number of hydrogen-bond acceptors (Lipinski definition) is 3. The van der Waals surface area contributed by atoms with Gasteiger partial charge in [0.05, 0.1) is 21.3 Å². The lowest BCUT2D eigenvalue weighted by molar-refractivity contribution is -0.137. The summed E-state index contributed by atoms with van der Waals surface area (Å²) < 4.78 is 38.6. The van der Waals surface area contributed by atoms with Crippen molar-refractivity contribution < 1.29 is 18.0 Å². The summed E-state index contributed by atoms with van der Waals surface area (Å²) in [5, 5.41) is 14.1. The molecule has 0 bridgehead atoms. The number of halogens is 6. The number of anilines is 2. The minimum absolute atomic E-state index is 0.00296. The van der Waals surface area contributed by atoms with Crippen molar-refractivity contribution in [3.8, 4) is 6.07 Å². The number of benzene rings is 2. The quantitative estimate of drug-likeness (QED) is 0.450. The minimum atomic E-state index is -4.64. The summed E-state index contributed by atoms with van der Waals surface area (Å²) in [6.45, 7) is 0. The average molecular weight is 435 g/mol. The molecule has 0 atom stereocenters. The van der Waals surface area contributed by atoms with E-state index in [2.05, 4.69) is 10.6 Å². The van der Waals surface area contributed by atoms with Gasteiger partial charge in [-0.15, -0.1) is 0 Å². The van der Waals surface area contributed by atoms with Gasteiger partial charge in [-0.2, -0.15) is 18.4 Å². The molecule has 0 aromatic heterocycles. The number of alkyl halides is 3. The lowest BCUT2D eigenvalue weighted by Gasteiger charge is -2.11. The van der Waals surface area contributed by atoms with Gasteiger partial charge in [0.1, 0.15) is 11.6 Å². The van der Waals surface area contributed by atoms with Crippen LogP contribution in [0, 0.1) is 11.3 Å². The zero-order chi connectivity index (χ0) is 20.2. The van der Waals surface area contributed by atoms with Crippen LogP contribution in [0.3, 0.4) is 0 Å². The number of nitrogens with zero attached hydrogens (tertiary/aromatic N) is 1. The summed E-state index contributed by atoms with van der Waals surface area (Å²) in [7, 11) is 0. The van der Waals surface area contributed by atoms with E-state index >= 15 is 0 Å². The second-order valence-corrected chi connectivity index (χ2v) is 6.34. The normalized spacial score (nSPS) is 11.7. The molecular weight excluding hydrogens is 426 g/mol. The maximum Gasteiger partial charge on any atom is 0.417 e. The molecule has 2 N–H and O–H groups in total. The topological polar surface area (TPSA) is 64.9 Å². The lowest BCUT2D eigenvalue weighted by atomic mass is 10.2. The van der Waals surface area contributed by atoms with Gasteiger partial charge in [-0.3, -0.25) is 4.79 Å². The standard InChI is InChI=1S/C17H9Cl3F3N3O/c18-10-1-4-15(14(20)5-10)26-16(27)9(7-24)8-25-11-2-3-13(19)12(6-11)17(21,22)23/h1-6,8,25H,(H,26,27)/b9-8-. The smallest absolute Gasteiger partial charge is 0.360 e. The Morgan fingerprint density at radius 3 is 2.37 bits per heavy atom. The SMILES string of the molecule is N#C/C(=C/Nc1ccc(Cl)c(C(F)(F)F)c1)C(=O)Nc1ccc(Cl)cc1Cl. The molecule has 0 aliphatic heterocycles. The molecule has 0 aliphatic carbocycles. The third-order valence-electron chi connectivity index (χ3n) is 3.20. The molecule has 0 saturated carbocycles. The molecule has 4 nitrogen and oxygen atoms in total. The Labute approximate surface area is 167 Å². The molecule has 0 unspecified atom stereocenters. The van der Waals surface area contributed by atoms with E-state index in [1.54, 1.807) is 6.07 Å². The summed E-state index contributed by atoms with van der Waals surface area (Å²) in [6.07, 6.45) is -3.66. The van der Waals surface area contributed by atoms with Gasteiger partial charge in [-0.1, -0.05) is 34.8 Å². The highest BCUT2D eigenvalue weighted by molar-refractivity contribution is 6.36. The first-order valence-electron chi connectivity index (χ1n) is 7.12. The van der Waals surface area contributed by atoms with E-state index in [4.69, 9.17) is 40.1 Å². The summed E-state index contributed by atoms with van der Waals surface area (Å²) >= 11 is 17.2. The van der Waals surface area contributed by atoms with Gasteiger partial charge in [0.15, 0.2) is 0 Å². The van der Waals surface area contributed by atoms with Gasteiger partial charge in [-0.05, 0) is 36.4 Å². The third kappa shape index (κ3) is 5.54. The maximum atomic E-state index is 12.9. The molecule has 2 aromatic rings. The van der Waals surface area contributed by atoms with E-state index in [0.717, 1.165) is 18.3 Å². The van der Waals surface area contributed by atoms with Crippen LogP contribution in [0.25, 0.3) is 0 Å². The molecule has 0 aliphatic rings. The van der Waals surface area contributed by atoms with Crippen molar-refractivity contribution in [1.29, 1.82) is 5.26 Å². The van der Waals surface area contributed by atoms with E-state index in [0.29, 0.717) is 5.02 Å². The number of rotatable bonds is 4. The van der Waals surface area contributed by atoms with E-state index in [1.165, 1.54) is 24.3 Å². The largest absolute Gasteiger partial charge is 0.417 e. The second kappa shape index (κ2) is 8.53. The molecule has 0 radical (unpaired) electrons. The molecular formula is C17H9Cl3F3N3O. The number of amides is 1. The first kappa shape index (κ1) is 20.9. The fourth-order valence-corrected chi connectivity index (χ4v) is 2.60. The Bertz CT molecular complexity index is 953. The van der Waals surface area contributed by atoms with Crippen LogP contribution in [0.4, 0.5) is 24.5 Å². The van der Waals surface area contributed by atoms with Crippen LogP contribution < -0.4 is 10.6 Å². The highest BCUT2D eigenvalue weighted by atomic mass is 35.5. The van der Waals surface area contributed by atoms with Crippen molar-refractivity contribution in [3.05, 3.63) is 68.8 Å². The molecule has 2 aromatic carbocycles. The first-order chi connectivity index (χ1) is 12.6. The van der Waals surface area contributed by atoms with Crippen LogP contribution in [0.5, 0.6) is 0 Å². The van der Waals surface area contributed by atoms with Gasteiger partial charge in [-0.25, -0.2) is 0 Å². The van der Waals surface area contributed by atoms with E-state index in [1.807, 2.05) is 0 Å². The zero-order valence-corrected chi connectivity index (χ0v) is 15.4. The van der Waals surface area contributed by atoms with Crippen molar-refractivity contribution in [2.24, 2.45) is 0 Å². The Hall–Kier alpha value is -2.40.